The van der Waals surface area contributed by atoms with Gasteiger partial charge in [0.05, 0.1) is 10.6 Å². The van der Waals surface area contributed by atoms with Crippen molar-refractivity contribution in [1.82, 2.24) is 20.6 Å². The molecule has 0 saturated carbocycles. The topological polar surface area (TPSA) is 77.5 Å². The Morgan fingerprint density at radius 3 is 2.68 bits per heavy atom. The van der Waals surface area contributed by atoms with Crippen LogP contribution in [-0.4, -0.2) is 55.2 Å². The SMILES string of the molecule is CN=C(NCCNc1ncccc1C(F)(F)F)NC1CCN(c2ncccc2Cl)C1.I. The quantitative estimate of drug-likeness (QED) is 0.214. The highest BCUT2D eigenvalue weighted by Gasteiger charge is 2.34. The van der Waals surface area contributed by atoms with Crippen molar-refractivity contribution >= 4 is 53.2 Å². The van der Waals surface area contributed by atoms with Gasteiger partial charge in [0, 0.05) is 51.7 Å². The first-order chi connectivity index (χ1) is 14.4. The monoisotopic (exact) mass is 569 g/mol. The van der Waals surface area contributed by atoms with Crippen LogP contribution in [0.15, 0.2) is 41.7 Å². The summed E-state index contributed by atoms with van der Waals surface area (Å²) in [6.07, 6.45) is -0.534. The molecule has 0 aliphatic carbocycles. The summed E-state index contributed by atoms with van der Waals surface area (Å²) in [5.74, 6) is 1.15. The zero-order chi connectivity index (χ0) is 21.6. The van der Waals surface area contributed by atoms with Gasteiger partial charge in [-0.2, -0.15) is 13.2 Å². The lowest BCUT2D eigenvalue weighted by Crippen LogP contribution is -2.45. The molecule has 1 saturated heterocycles. The Hall–Kier alpha value is -2.02. The molecule has 3 heterocycles. The first-order valence-electron chi connectivity index (χ1n) is 9.47. The fourth-order valence-corrected chi connectivity index (χ4v) is 3.45. The Morgan fingerprint density at radius 1 is 1.23 bits per heavy atom. The van der Waals surface area contributed by atoms with Gasteiger partial charge >= 0.3 is 6.18 Å². The van der Waals surface area contributed by atoms with Gasteiger partial charge in [0.25, 0.3) is 0 Å². The first kappa shape index (κ1) is 25.2. The number of anilines is 2. The predicted molar refractivity (Wildman–Crippen MR) is 128 cm³/mol. The average Bonchev–Trinajstić information content (AvgIpc) is 3.18. The van der Waals surface area contributed by atoms with Gasteiger partial charge in [0.1, 0.15) is 11.6 Å². The molecule has 0 amide bonds. The van der Waals surface area contributed by atoms with Crippen molar-refractivity contribution in [3.05, 3.63) is 47.2 Å². The van der Waals surface area contributed by atoms with Crippen LogP contribution in [0.2, 0.25) is 5.02 Å². The molecule has 7 nitrogen and oxygen atoms in total. The minimum absolute atomic E-state index is 0. The molecule has 2 aromatic heterocycles. The number of hydrogen-bond donors (Lipinski definition) is 3. The van der Waals surface area contributed by atoms with Crippen LogP contribution < -0.4 is 20.9 Å². The molecule has 170 valence electrons. The van der Waals surface area contributed by atoms with Crippen LogP contribution in [0.5, 0.6) is 0 Å². The van der Waals surface area contributed by atoms with E-state index in [4.69, 9.17) is 11.6 Å². The molecule has 3 rings (SSSR count). The number of aromatic nitrogens is 2. The Labute approximate surface area is 200 Å². The normalized spacial score (nSPS) is 16.6. The maximum absolute atomic E-state index is 13.0. The molecule has 2 aromatic rings. The van der Waals surface area contributed by atoms with Gasteiger partial charge in [0.2, 0.25) is 0 Å². The summed E-state index contributed by atoms with van der Waals surface area (Å²) in [7, 11) is 1.64. The van der Waals surface area contributed by atoms with Crippen molar-refractivity contribution in [3.8, 4) is 0 Å². The molecule has 12 heteroatoms. The van der Waals surface area contributed by atoms with E-state index in [1.807, 2.05) is 6.07 Å². The largest absolute Gasteiger partial charge is 0.419 e. The van der Waals surface area contributed by atoms with Crippen molar-refractivity contribution in [2.45, 2.75) is 18.6 Å². The van der Waals surface area contributed by atoms with E-state index in [0.29, 0.717) is 17.5 Å². The summed E-state index contributed by atoms with van der Waals surface area (Å²) in [5.41, 5.74) is -0.785. The number of alkyl halides is 3. The molecule has 1 aliphatic heterocycles. The molecule has 0 spiro atoms. The van der Waals surface area contributed by atoms with E-state index in [0.717, 1.165) is 31.4 Å². The van der Waals surface area contributed by atoms with Crippen LogP contribution in [0.3, 0.4) is 0 Å². The summed E-state index contributed by atoms with van der Waals surface area (Å²) in [6.45, 7) is 2.16. The Bertz CT molecular complexity index is 882. The van der Waals surface area contributed by atoms with Crippen molar-refractivity contribution in [3.63, 3.8) is 0 Å². The second-order valence-corrected chi connectivity index (χ2v) is 7.12. The van der Waals surface area contributed by atoms with Crippen molar-refractivity contribution in [1.29, 1.82) is 0 Å². The van der Waals surface area contributed by atoms with Crippen LogP contribution in [0, 0.1) is 0 Å². The predicted octanol–water partition coefficient (Wildman–Crippen LogP) is 3.62. The lowest BCUT2D eigenvalue weighted by molar-refractivity contribution is -0.137. The molecule has 0 bridgehead atoms. The highest BCUT2D eigenvalue weighted by atomic mass is 127. The molecule has 1 atom stereocenters. The van der Waals surface area contributed by atoms with Gasteiger partial charge in [-0.05, 0) is 30.7 Å². The highest BCUT2D eigenvalue weighted by molar-refractivity contribution is 14.0. The Kier molecular flexibility index (Phi) is 9.41. The van der Waals surface area contributed by atoms with Gasteiger partial charge in [0.15, 0.2) is 5.96 Å². The molecular weight excluding hydrogens is 546 g/mol. The van der Waals surface area contributed by atoms with Crippen LogP contribution >= 0.6 is 35.6 Å². The number of rotatable bonds is 6. The van der Waals surface area contributed by atoms with E-state index < -0.39 is 11.7 Å². The zero-order valence-electron chi connectivity index (χ0n) is 16.8. The number of pyridine rings is 2. The third-order valence-corrected chi connectivity index (χ3v) is 4.91. The van der Waals surface area contributed by atoms with E-state index in [2.05, 4.69) is 35.8 Å². The number of aliphatic imine (C=N–C) groups is 1. The second kappa shape index (κ2) is 11.6. The lowest BCUT2D eigenvalue weighted by Gasteiger charge is -2.20. The van der Waals surface area contributed by atoms with Crippen molar-refractivity contribution < 1.29 is 13.2 Å². The van der Waals surface area contributed by atoms with Crippen molar-refractivity contribution in [2.75, 3.05) is 43.4 Å². The number of halogens is 5. The summed E-state index contributed by atoms with van der Waals surface area (Å²) < 4.78 is 39.0. The molecule has 1 unspecified atom stereocenters. The maximum Gasteiger partial charge on any atom is 0.419 e. The number of guanidine groups is 1. The third-order valence-electron chi connectivity index (χ3n) is 4.61. The number of nitrogens with zero attached hydrogens (tertiary/aromatic N) is 4. The lowest BCUT2D eigenvalue weighted by atomic mass is 10.2. The van der Waals surface area contributed by atoms with Crippen LogP contribution in [0.25, 0.3) is 0 Å². The minimum Gasteiger partial charge on any atom is -0.368 e. The maximum atomic E-state index is 13.0. The third kappa shape index (κ3) is 6.99. The van der Waals surface area contributed by atoms with Gasteiger partial charge in [-0.25, -0.2) is 9.97 Å². The minimum atomic E-state index is -4.45. The standard InChI is InChI=1S/C19H23ClF3N7.HI/c1-24-18(28-10-9-26-16-14(19(21,22)23)4-2-7-25-16)29-13-6-11-30(12-13)17-15(20)5-3-8-27-17;/h2-5,7-8,13H,6,9-12H2,1H3,(H,25,26)(H2,24,28,29);1H. The van der Waals surface area contributed by atoms with E-state index in [9.17, 15) is 13.2 Å². The van der Waals surface area contributed by atoms with Crippen LogP contribution in [-0.2, 0) is 6.18 Å². The van der Waals surface area contributed by atoms with E-state index >= 15 is 0 Å². The number of nitrogens with one attached hydrogen (secondary N) is 3. The summed E-state index contributed by atoms with van der Waals surface area (Å²) >= 11 is 6.22. The van der Waals surface area contributed by atoms with E-state index in [-0.39, 0.29) is 42.4 Å². The molecule has 0 radical (unpaired) electrons. The smallest absolute Gasteiger partial charge is 0.368 e. The fourth-order valence-electron chi connectivity index (χ4n) is 3.21. The molecule has 3 N–H and O–H groups in total. The fraction of sp³-hybridized carbons (Fsp3) is 0.421. The second-order valence-electron chi connectivity index (χ2n) is 6.71. The highest BCUT2D eigenvalue weighted by Crippen LogP contribution is 2.33. The van der Waals surface area contributed by atoms with Gasteiger partial charge in [-0.1, -0.05) is 11.6 Å². The van der Waals surface area contributed by atoms with E-state index in [1.165, 1.54) is 12.3 Å². The zero-order valence-corrected chi connectivity index (χ0v) is 19.9. The molecule has 31 heavy (non-hydrogen) atoms. The summed E-state index contributed by atoms with van der Waals surface area (Å²) in [6, 6.07) is 6.02. The Balaban J connectivity index is 0.00000341. The summed E-state index contributed by atoms with van der Waals surface area (Å²) in [5, 5.41) is 9.75. The Morgan fingerprint density at radius 2 is 1.97 bits per heavy atom. The molecule has 1 fully saturated rings. The van der Waals surface area contributed by atoms with Gasteiger partial charge in [-0.3, -0.25) is 4.99 Å². The summed E-state index contributed by atoms with van der Waals surface area (Å²) in [4.78, 5) is 14.4. The first-order valence-corrected chi connectivity index (χ1v) is 9.85. The van der Waals surface area contributed by atoms with Gasteiger partial charge < -0.3 is 20.9 Å². The van der Waals surface area contributed by atoms with Crippen LogP contribution in [0.1, 0.15) is 12.0 Å². The number of hydrogen-bond acceptors (Lipinski definition) is 5. The average molecular weight is 570 g/mol. The molecular formula is C19H24ClF3IN7. The van der Waals surface area contributed by atoms with Crippen LogP contribution in [0.4, 0.5) is 24.8 Å². The van der Waals surface area contributed by atoms with Crippen molar-refractivity contribution in [2.24, 2.45) is 4.99 Å². The molecule has 0 aromatic carbocycles. The molecule has 1 aliphatic rings. The van der Waals surface area contributed by atoms with Gasteiger partial charge in [-0.15, -0.1) is 24.0 Å². The van der Waals surface area contributed by atoms with E-state index in [1.54, 1.807) is 19.3 Å².